The highest BCUT2D eigenvalue weighted by Crippen LogP contribution is 2.38. The van der Waals surface area contributed by atoms with E-state index in [1.165, 1.54) is 16.2 Å². The van der Waals surface area contributed by atoms with Gasteiger partial charge in [0.25, 0.3) is 5.91 Å². The summed E-state index contributed by atoms with van der Waals surface area (Å²) in [6.07, 6.45) is 7.34. The predicted molar refractivity (Wildman–Crippen MR) is 138 cm³/mol. The molecule has 7 heteroatoms. The van der Waals surface area contributed by atoms with Crippen LogP contribution in [0.5, 0.6) is 0 Å². The van der Waals surface area contributed by atoms with E-state index in [2.05, 4.69) is 27.0 Å². The fourth-order valence-corrected chi connectivity index (χ4v) is 6.01. The lowest BCUT2D eigenvalue weighted by Crippen LogP contribution is -2.13. The predicted octanol–water partition coefficient (Wildman–Crippen LogP) is 6.00. The average Bonchev–Trinajstić information content (AvgIpc) is 3.36. The van der Waals surface area contributed by atoms with Crippen molar-refractivity contribution in [2.24, 2.45) is 0 Å². The summed E-state index contributed by atoms with van der Waals surface area (Å²) in [5, 5.41) is 23.9. The highest BCUT2D eigenvalue weighted by Gasteiger charge is 2.23. The number of nitrogens with one attached hydrogen (secondary N) is 1. The Balaban J connectivity index is 1.47. The van der Waals surface area contributed by atoms with Gasteiger partial charge in [0.1, 0.15) is 22.7 Å². The number of pyridine rings is 1. The molecule has 0 saturated carbocycles. The molecule has 0 atom stereocenters. The van der Waals surface area contributed by atoms with Gasteiger partial charge < -0.3 is 9.88 Å². The molecule has 0 radical (unpaired) electrons. The lowest BCUT2D eigenvalue weighted by atomic mass is 9.96. The highest BCUT2D eigenvalue weighted by atomic mass is 32.1. The minimum Gasteiger partial charge on any atom is -0.318 e. The molecule has 0 spiro atoms. The SMILES string of the molecule is Cc1cc(/C=C(\C#N)C(=O)Nc2sc3c(c2C#N)CCCC3)c(C)n1-c1ccc2ncccc2c1. The van der Waals surface area contributed by atoms with E-state index in [9.17, 15) is 15.3 Å². The second-order valence-corrected chi connectivity index (χ2v) is 9.80. The first-order chi connectivity index (χ1) is 17.0. The number of nitrogens with zero attached hydrogens (tertiary/aromatic N) is 4. The molecule has 35 heavy (non-hydrogen) atoms. The van der Waals surface area contributed by atoms with Crippen molar-refractivity contribution in [1.82, 2.24) is 9.55 Å². The van der Waals surface area contributed by atoms with Gasteiger partial charge in [-0.3, -0.25) is 9.78 Å². The van der Waals surface area contributed by atoms with Crippen LogP contribution in [0.3, 0.4) is 0 Å². The van der Waals surface area contributed by atoms with E-state index in [0.717, 1.165) is 64.8 Å². The molecular weight excluding hydrogens is 454 g/mol. The number of fused-ring (bicyclic) bond motifs is 2. The quantitative estimate of drug-likeness (QED) is 0.288. The second-order valence-electron chi connectivity index (χ2n) is 8.69. The molecule has 1 aliphatic rings. The van der Waals surface area contributed by atoms with Gasteiger partial charge in [-0.15, -0.1) is 11.3 Å². The molecule has 1 N–H and O–H groups in total. The number of anilines is 1. The van der Waals surface area contributed by atoms with Gasteiger partial charge in [-0.1, -0.05) is 6.07 Å². The zero-order chi connectivity index (χ0) is 24.5. The van der Waals surface area contributed by atoms with Crippen molar-refractivity contribution in [1.29, 1.82) is 10.5 Å². The number of rotatable bonds is 4. The first kappa shape index (κ1) is 22.6. The van der Waals surface area contributed by atoms with Crippen LogP contribution in [0.1, 0.15) is 45.8 Å². The Kier molecular flexibility index (Phi) is 5.94. The van der Waals surface area contributed by atoms with Crippen molar-refractivity contribution in [3.8, 4) is 17.8 Å². The van der Waals surface area contributed by atoms with E-state index in [4.69, 9.17) is 0 Å². The van der Waals surface area contributed by atoms with Crippen LogP contribution < -0.4 is 5.32 Å². The third-order valence-electron chi connectivity index (χ3n) is 6.49. The van der Waals surface area contributed by atoms with Gasteiger partial charge in [-0.05, 0) is 87.1 Å². The Morgan fingerprint density at radius 3 is 2.80 bits per heavy atom. The molecule has 6 nitrogen and oxygen atoms in total. The number of benzene rings is 1. The molecule has 172 valence electrons. The molecule has 1 aliphatic carbocycles. The zero-order valence-corrected chi connectivity index (χ0v) is 20.4. The number of carbonyl (C=O) groups is 1. The fourth-order valence-electron chi connectivity index (χ4n) is 4.78. The minimum absolute atomic E-state index is 0.00298. The molecule has 0 saturated heterocycles. The van der Waals surface area contributed by atoms with Crippen LogP contribution in [-0.2, 0) is 17.6 Å². The normalized spacial score (nSPS) is 13.2. The zero-order valence-electron chi connectivity index (χ0n) is 19.6. The Labute approximate surface area is 207 Å². The number of thiophene rings is 1. The second kappa shape index (κ2) is 9.21. The van der Waals surface area contributed by atoms with E-state index < -0.39 is 5.91 Å². The summed E-state index contributed by atoms with van der Waals surface area (Å²) < 4.78 is 2.10. The maximum atomic E-state index is 13.0. The van der Waals surface area contributed by atoms with Gasteiger partial charge in [-0.2, -0.15) is 10.5 Å². The summed E-state index contributed by atoms with van der Waals surface area (Å²) in [6.45, 7) is 3.97. The number of amides is 1. The van der Waals surface area contributed by atoms with Crippen LogP contribution in [0, 0.1) is 36.5 Å². The topological polar surface area (TPSA) is 94.5 Å². The fraction of sp³-hybridized carbons (Fsp3) is 0.214. The molecular formula is C28H23N5OS. The Hall–Kier alpha value is -4.20. The summed E-state index contributed by atoms with van der Waals surface area (Å²) in [5.74, 6) is -0.496. The van der Waals surface area contributed by atoms with Crippen molar-refractivity contribution in [2.75, 3.05) is 5.32 Å². The van der Waals surface area contributed by atoms with Crippen molar-refractivity contribution in [3.05, 3.63) is 81.1 Å². The maximum Gasteiger partial charge on any atom is 0.266 e. The summed E-state index contributed by atoms with van der Waals surface area (Å²) >= 11 is 1.46. The molecule has 0 unspecified atom stereocenters. The molecule has 3 heterocycles. The van der Waals surface area contributed by atoms with Crippen molar-refractivity contribution in [2.45, 2.75) is 39.5 Å². The monoisotopic (exact) mass is 477 g/mol. The van der Waals surface area contributed by atoms with Gasteiger partial charge in [0.15, 0.2) is 0 Å². The molecule has 0 aliphatic heterocycles. The number of aryl methyl sites for hydroxylation is 2. The van der Waals surface area contributed by atoms with Crippen LogP contribution in [-0.4, -0.2) is 15.5 Å². The van der Waals surface area contributed by atoms with Gasteiger partial charge in [0.2, 0.25) is 0 Å². The van der Waals surface area contributed by atoms with Crippen molar-refractivity contribution >= 4 is 39.2 Å². The van der Waals surface area contributed by atoms with Crippen LogP contribution in [0.2, 0.25) is 0 Å². The standard InChI is InChI=1S/C28H23N5OS/c1-17-12-20(18(2)33(17)22-9-10-25-19(14-22)6-5-11-31-25)13-21(15-29)27(34)32-28-24(16-30)23-7-3-4-8-26(23)35-28/h5-6,9-14H,3-4,7-8H2,1-2H3,(H,32,34)/b21-13+. The lowest BCUT2D eigenvalue weighted by Gasteiger charge is -2.10. The smallest absolute Gasteiger partial charge is 0.266 e. The molecule has 1 amide bonds. The van der Waals surface area contributed by atoms with Gasteiger partial charge in [-0.25, -0.2) is 0 Å². The van der Waals surface area contributed by atoms with Crippen molar-refractivity contribution in [3.63, 3.8) is 0 Å². The molecule has 1 aromatic carbocycles. The van der Waals surface area contributed by atoms with Crippen LogP contribution in [0.15, 0.2) is 48.2 Å². The van der Waals surface area contributed by atoms with E-state index in [1.54, 1.807) is 12.3 Å². The Bertz CT molecular complexity index is 1590. The number of aromatic nitrogens is 2. The maximum absolute atomic E-state index is 13.0. The molecule has 4 aromatic rings. The third-order valence-corrected chi connectivity index (χ3v) is 7.70. The lowest BCUT2D eigenvalue weighted by molar-refractivity contribution is -0.112. The summed E-state index contributed by atoms with van der Waals surface area (Å²) in [5.41, 5.74) is 6.23. The van der Waals surface area contributed by atoms with Crippen molar-refractivity contribution < 1.29 is 4.79 Å². The third kappa shape index (κ3) is 4.12. The van der Waals surface area contributed by atoms with Crippen LogP contribution in [0.25, 0.3) is 22.7 Å². The minimum atomic E-state index is -0.496. The summed E-state index contributed by atoms with van der Waals surface area (Å²) in [7, 11) is 0. The van der Waals surface area contributed by atoms with Gasteiger partial charge in [0, 0.05) is 33.5 Å². The summed E-state index contributed by atoms with van der Waals surface area (Å²) in [6, 6.07) is 16.3. The summed E-state index contributed by atoms with van der Waals surface area (Å²) in [4.78, 5) is 18.6. The molecule has 0 bridgehead atoms. The van der Waals surface area contributed by atoms with E-state index in [0.29, 0.717) is 10.6 Å². The number of carbonyl (C=O) groups excluding carboxylic acids is 1. The first-order valence-electron chi connectivity index (χ1n) is 11.5. The van der Waals surface area contributed by atoms with E-state index in [-0.39, 0.29) is 5.57 Å². The Morgan fingerprint density at radius 2 is 2.00 bits per heavy atom. The first-order valence-corrected chi connectivity index (χ1v) is 12.3. The molecule has 5 rings (SSSR count). The van der Waals surface area contributed by atoms with Gasteiger partial charge >= 0.3 is 0 Å². The van der Waals surface area contributed by atoms with E-state index in [1.807, 2.05) is 50.2 Å². The average molecular weight is 478 g/mol. The number of nitriles is 2. The number of hydrogen-bond acceptors (Lipinski definition) is 5. The van der Waals surface area contributed by atoms with Gasteiger partial charge in [0.05, 0.1) is 11.1 Å². The largest absolute Gasteiger partial charge is 0.318 e. The van der Waals surface area contributed by atoms with Crippen LogP contribution in [0.4, 0.5) is 5.00 Å². The molecule has 3 aromatic heterocycles. The molecule has 0 fully saturated rings. The number of hydrogen-bond donors (Lipinski definition) is 1. The Morgan fingerprint density at radius 1 is 1.17 bits per heavy atom. The highest BCUT2D eigenvalue weighted by molar-refractivity contribution is 7.16. The van der Waals surface area contributed by atoms with E-state index >= 15 is 0 Å². The van der Waals surface area contributed by atoms with Crippen LogP contribution >= 0.6 is 11.3 Å².